The lowest BCUT2D eigenvalue weighted by Crippen LogP contribution is -2.42. The first-order chi connectivity index (χ1) is 10.6. The van der Waals surface area contributed by atoms with Gasteiger partial charge in [0, 0.05) is 36.2 Å². The second kappa shape index (κ2) is 9.75. The lowest BCUT2D eigenvalue weighted by Gasteiger charge is -2.16. The monoisotopic (exact) mass is 432 g/mol. The fourth-order valence-corrected chi connectivity index (χ4v) is 2.30. The van der Waals surface area contributed by atoms with E-state index >= 15 is 0 Å². The molecule has 0 fully saturated rings. The number of rotatable bonds is 6. The largest absolute Gasteiger partial charge is 0.361 e. The van der Waals surface area contributed by atoms with Crippen molar-refractivity contribution in [2.75, 3.05) is 13.1 Å². The van der Waals surface area contributed by atoms with Gasteiger partial charge in [0.05, 0.1) is 0 Å². The van der Waals surface area contributed by atoms with Crippen molar-refractivity contribution < 1.29 is 4.39 Å². The van der Waals surface area contributed by atoms with Gasteiger partial charge in [-0.25, -0.2) is 4.39 Å². The van der Waals surface area contributed by atoms with Gasteiger partial charge in [0.15, 0.2) is 5.96 Å². The van der Waals surface area contributed by atoms with Gasteiger partial charge in [-0.05, 0) is 50.5 Å². The number of nitrogens with one attached hydrogen (secondary N) is 3. The molecule has 0 radical (unpaired) electrons. The van der Waals surface area contributed by atoms with E-state index in [4.69, 9.17) is 0 Å². The molecule has 2 aromatic rings. The summed E-state index contributed by atoms with van der Waals surface area (Å²) in [5.41, 5.74) is 2.06. The zero-order chi connectivity index (χ0) is 15.9. The number of aromatic amines is 1. The number of benzene rings is 1. The second-order valence-electron chi connectivity index (χ2n) is 5.47. The van der Waals surface area contributed by atoms with Gasteiger partial charge >= 0.3 is 0 Å². The Morgan fingerprint density at radius 1 is 1.35 bits per heavy atom. The Morgan fingerprint density at radius 2 is 2.13 bits per heavy atom. The Balaban J connectivity index is 0.00000264. The molecule has 0 aliphatic heterocycles. The van der Waals surface area contributed by atoms with Crippen molar-refractivity contribution in [3.8, 4) is 0 Å². The van der Waals surface area contributed by atoms with Crippen LogP contribution < -0.4 is 10.6 Å². The maximum atomic E-state index is 13.4. The summed E-state index contributed by atoms with van der Waals surface area (Å²) in [5.74, 6) is 0.631. The maximum Gasteiger partial charge on any atom is 0.191 e. The van der Waals surface area contributed by atoms with Crippen molar-refractivity contribution in [3.63, 3.8) is 0 Å². The molecule has 6 heteroatoms. The van der Waals surface area contributed by atoms with Gasteiger partial charge in [-0.3, -0.25) is 4.99 Å². The molecule has 0 spiro atoms. The van der Waals surface area contributed by atoms with E-state index in [0.717, 1.165) is 41.8 Å². The summed E-state index contributed by atoms with van der Waals surface area (Å²) in [6.07, 6.45) is 3.77. The van der Waals surface area contributed by atoms with Gasteiger partial charge in [0.1, 0.15) is 5.82 Å². The van der Waals surface area contributed by atoms with Crippen LogP contribution in [-0.2, 0) is 6.42 Å². The summed E-state index contributed by atoms with van der Waals surface area (Å²) in [6.45, 7) is 7.82. The average molecular weight is 432 g/mol. The molecule has 0 aliphatic rings. The molecule has 1 aromatic heterocycles. The summed E-state index contributed by atoms with van der Waals surface area (Å²) in [7, 11) is 0. The Hall–Kier alpha value is -1.31. The van der Waals surface area contributed by atoms with E-state index < -0.39 is 0 Å². The molecule has 4 nitrogen and oxygen atoms in total. The number of hydrogen-bond donors (Lipinski definition) is 3. The molecule has 0 saturated carbocycles. The maximum absolute atomic E-state index is 13.4. The number of hydrogen-bond acceptors (Lipinski definition) is 1. The zero-order valence-corrected chi connectivity index (χ0v) is 16.3. The number of aliphatic imine (C=N–C) groups is 1. The van der Waals surface area contributed by atoms with Gasteiger partial charge in [0.2, 0.25) is 0 Å². The molecule has 1 aromatic carbocycles. The summed E-state index contributed by atoms with van der Waals surface area (Å²) in [4.78, 5) is 7.77. The first-order valence-electron chi connectivity index (χ1n) is 7.94. The molecule has 2 rings (SSSR count). The number of fused-ring (bicyclic) bond motifs is 1. The van der Waals surface area contributed by atoms with Crippen LogP contribution in [0.4, 0.5) is 4.39 Å². The predicted molar refractivity (Wildman–Crippen MR) is 106 cm³/mol. The summed E-state index contributed by atoms with van der Waals surface area (Å²) in [6, 6.07) is 5.21. The molecular weight excluding hydrogens is 406 g/mol. The van der Waals surface area contributed by atoms with Gasteiger partial charge in [-0.1, -0.05) is 6.92 Å². The zero-order valence-electron chi connectivity index (χ0n) is 13.9. The van der Waals surface area contributed by atoms with E-state index in [9.17, 15) is 4.39 Å². The molecule has 0 bridgehead atoms. The van der Waals surface area contributed by atoms with E-state index in [-0.39, 0.29) is 29.8 Å². The number of aromatic nitrogens is 1. The second-order valence-corrected chi connectivity index (χ2v) is 5.47. The van der Waals surface area contributed by atoms with E-state index in [0.29, 0.717) is 12.6 Å². The van der Waals surface area contributed by atoms with Crippen LogP contribution in [0.2, 0.25) is 0 Å². The highest BCUT2D eigenvalue weighted by molar-refractivity contribution is 14.0. The van der Waals surface area contributed by atoms with Gasteiger partial charge in [-0.2, -0.15) is 0 Å². The van der Waals surface area contributed by atoms with Crippen molar-refractivity contribution in [2.45, 2.75) is 39.7 Å². The lowest BCUT2D eigenvalue weighted by atomic mass is 10.1. The Labute approximate surface area is 154 Å². The van der Waals surface area contributed by atoms with Crippen molar-refractivity contribution in [1.29, 1.82) is 0 Å². The highest BCUT2D eigenvalue weighted by Crippen LogP contribution is 2.19. The quantitative estimate of drug-likeness (QED) is 0.369. The van der Waals surface area contributed by atoms with Crippen molar-refractivity contribution in [3.05, 3.63) is 35.8 Å². The van der Waals surface area contributed by atoms with Gasteiger partial charge in [-0.15, -0.1) is 24.0 Å². The molecule has 23 heavy (non-hydrogen) atoms. The number of halogens is 2. The standard InChI is InChI=1S/C17H25FN4.HI/c1-4-12(3)22-17(19-5-2)20-9-8-13-11-21-16-7-6-14(18)10-15(13)16;/h6-7,10-12,21H,4-5,8-9H2,1-3H3,(H2,19,20,22);1H. The van der Waals surface area contributed by atoms with E-state index in [2.05, 4.69) is 41.4 Å². The summed E-state index contributed by atoms with van der Waals surface area (Å²) in [5, 5.41) is 7.55. The van der Waals surface area contributed by atoms with Crippen molar-refractivity contribution >= 4 is 40.8 Å². The number of guanidine groups is 1. The third-order valence-electron chi connectivity index (χ3n) is 3.72. The fraction of sp³-hybridized carbons (Fsp3) is 0.471. The molecule has 0 aliphatic carbocycles. The normalized spacial score (nSPS) is 12.8. The van der Waals surface area contributed by atoms with Crippen LogP contribution in [0.15, 0.2) is 29.4 Å². The Bertz CT molecular complexity index is 639. The third kappa shape index (κ3) is 5.67. The van der Waals surface area contributed by atoms with E-state index in [1.807, 2.05) is 6.20 Å². The van der Waals surface area contributed by atoms with Crippen LogP contribution in [-0.4, -0.2) is 30.1 Å². The fourth-order valence-electron chi connectivity index (χ4n) is 2.30. The first-order valence-corrected chi connectivity index (χ1v) is 7.94. The SMILES string of the molecule is CCNC(=NCCc1c[nH]c2ccc(F)cc12)NC(C)CC.I. The number of H-pyrrole nitrogens is 1. The smallest absolute Gasteiger partial charge is 0.191 e. The molecule has 0 saturated heterocycles. The van der Waals surface area contributed by atoms with Gasteiger partial charge in [0.25, 0.3) is 0 Å². The van der Waals surface area contributed by atoms with Crippen LogP contribution in [0.3, 0.4) is 0 Å². The average Bonchev–Trinajstić information content (AvgIpc) is 2.89. The van der Waals surface area contributed by atoms with Crippen LogP contribution >= 0.6 is 24.0 Å². The van der Waals surface area contributed by atoms with Gasteiger partial charge < -0.3 is 15.6 Å². The van der Waals surface area contributed by atoms with E-state index in [1.54, 1.807) is 12.1 Å². The molecule has 3 N–H and O–H groups in total. The van der Waals surface area contributed by atoms with Crippen molar-refractivity contribution in [1.82, 2.24) is 15.6 Å². The van der Waals surface area contributed by atoms with Crippen molar-refractivity contribution in [2.24, 2.45) is 4.99 Å². The summed E-state index contributed by atoms with van der Waals surface area (Å²) < 4.78 is 13.4. The molecule has 1 atom stereocenters. The van der Waals surface area contributed by atoms with Crippen LogP contribution in [0.1, 0.15) is 32.8 Å². The van der Waals surface area contributed by atoms with Crippen LogP contribution in [0.25, 0.3) is 10.9 Å². The topological polar surface area (TPSA) is 52.2 Å². The first kappa shape index (κ1) is 19.7. The van der Waals surface area contributed by atoms with Crippen LogP contribution in [0, 0.1) is 5.82 Å². The molecular formula is C17H26FIN4. The van der Waals surface area contributed by atoms with E-state index in [1.165, 1.54) is 6.07 Å². The molecule has 0 amide bonds. The lowest BCUT2D eigenvalue weighted by molar-refractivity contribution is 0.624. The minimum absolute atomic E-state index is 0. The molecule has 1 heterocycles. The minimum atomic E-state index is -0.205. The number of nitrogens with zero attached hydrogens (tertiary/aromatic N) is 1. The molecule has 1 unspecified atom stereocenters. The highest BCUT2D eigenvalue weighted by Gasteiger charge is 2.06. The predicted octanol–water partition coefficient (Wildman–Crippen LogP) is 3.82. The minimum Gasteiger partial charge on any atom is -0.361 e. The Kier molecular flexibility index (Phi) is 8.36. The highest BCUT2D eigenvalue weighted by atomic mass is 127. The summed E-state index contributed by atoms with van der Waals surface area (Å²) >= 11 is 0. The Morgan fingerprint density at radius 3 is 2.83 bits per heavy atom. The van der Waals surface area contributed by atoms with Crippen LogP contribution in [0.5, 0.6) is 0 Å². The molecule has 128 valence electrons. The third-order valence-corrected chi connectivity index (χ3v) is 3.72.